The van der Waals surface area contributed by atoms with Crippen molar-refractivity contribution < 1.29 is 82.4 Å². The van der Waals surface area contributed by atoms with Crippen molar-refractivity contribution in [1.82, 2.24) is 0 Å². The molecule has 0 bridgehead atoms. The van der Waals surface area contributed by atoms with Crippen molar-refractivity contribution in [3.8, 4) is 23.0 Å². The number of aliphatic hydroxyl groups is 1. The predicted octanol–water partition coefficient (Wildman–Crippen LogP) is 7.96. The number of hydrogen-bond acceptors (Lipinski definition) is 15. The minimum atomic E-state index is -0.962. The fourth-order valence-corrected chi connectivity index (χ4v) is 4.74. The molecular formula is C49H60O17. The number of aromatic hydroxyl groups is 1. The van der Waals surface area contributed by atoms with Gasteiger partial charge < -0.3 is 53.6 Å². The van der Waals surface area contributed by atoms with Gasteiger partial charge in [0.05, 0.1) is 68.5 Å². The van der Waals surface area contributed by atoms with Crippen LogP contribution in [0.2, 0.25) is 0 Å². The molecule has 17 heteroatoms. The number of phenolic OH excluding ortho intramolecular Hbond substituents is 1. The van der Waals surface area contributed by atoms with Gasteiger partial charge in [-0.2, -0.15) is 0 Å². The van der Waals surface area contributed by atoms with E-state index in [0.29, 0.717) is 87.5 Å². The van der Waals surface area contributed by atoms with Crippen molar-refractivity contribution in [2.75, 3.05) is 52.9 Å². The lowest BCUT2D eigenvalue weighted by molar-refractivity contribution is -0.141. The van der Waals surface area contributed by atoms with Crippen molar-refractivity contribution in [2.24, 2.45) is 0 Å². The fourth-order valence-electron chi connectivity index (χ4n) is 4.74. The Morgan fingerprint density at radius 2 is 0.818 bits per heavy atom. The number of carboxylic acids is 2. The summed E-state index contributed by atoms with van der Waals surface area (Å²) in [6.45, 7) is 11.4. The quantitative estimate of drug-likeness (QED) is 0.0225. The molecule has 0 amide bonds. The van der Waals surface area contributed by atoms with Crippen LogP contribution in [-0.2, 0) is 28.5 Å². The number of unbranched alkanes of at least 4 members (excludes halogenated alkanes) is 3. The Morgan fingerprint density at radius 1 is 0.485 bits per heavy atom. The molecule has 66 heavy (non-hydrogen) atoms. The largest absolute Gasteiger partial charge is 0.508 e. The van der Waals surface area contributed by atoms with E-state index in [0.717, 1.165) is 31.8 Å². The highest BCUT2D eigenvalue weighted by Gasteiger charge is 2.07. The molecule has 0 atom stereocenters. The standard InChI is InChI=1S/C15H20O5.C14H16O5.C11H14O4.C9H10O3/c1-3-18-15(17)13-6-8-14(9-7-13)20-11-5-4-10-19-12(2)16;1-2-13(15)19-10-4-3-9-18-12-7-5-11(6-8-12)14(16)17;12-7-1-2-8-15-10-5-3-9(4-6-10)11(13)14;1-2-12-9(11)7-3-5-8(10)6-4-7/h6-9H,3-5,10-11H2,1-2H3;2,5-8H,1,3-4,9-10H2,(H,16,17);3-6,12H,1-2,7-8H2,(H,13,14);3-6,10H,2H2,1H3. The highest BCUT2D eigenvalue weighted by Crippen LogP contribution is 2.15. The topological polar surface area (TPSA) is 248 Å². The van der Waals surface area contributed by atoms with Crippen molar-refractivity contribution in [1.29, 1.82) is 0 Å². The van der Waals surface area contributed by atoms with Crippen LogP contribution in [0, 0.1) is 0 Å². The molecule has 358 valence electrons. The normalized spacial score (nSPS) is 9.76. The Hall–Kier alpha value is -7.40. The van der Waals surface area contributed by atoms with Crippen LogP contribution in [0.25, 0.3) is 0 Å². The van der Waals surface area contributed by atoms with Crippen LogP contribution in [-0.4, -0.2) is 109 Å². The molecule has 0 saturated heterocycles. The minimum absolute atomic E-state index is 0.142. The Morgan fingerprint density at radius 3 is 1.15 bits per heavy atom. The second-order valence-corrected chi connectivity index (χ2v) is 13.3. The number of ether oxygens (including phenoxy) is 7. The first-order valence-electron chi connectivity index (χ1n) is 21.1. The van der Waals surface area contributed by atoms with Crippen LogP contribution < -0.4 is 14.2 Å². The van der Waals surface area contributed by atoms with E-state index in [2.05, 4.69) is 6.58 Å². The molecule has 0 unspecified atom stereocenters. The molecule has 0 saturated carbocycles. The maximum absolute atomic E-state index is 11.4. The molecule has 4 aromatic rings. The number of phenols is 1. The first-order valence-corrected chi connectivity index (χ1v) is 21.1. The van der Waals surface area contributed by atoms with Crippen LogP contribution in [0.5, 0.6) is 23.0 Å². The monoisotopic (exact) mass is 920 g/mol. The van der Waals surface area contributed by atoms with E-state index in [4.69, 9.17) is 53.6 Å². The van der Waals surface area contributed by atoms with Gasteiger partial charge in [0.15, 0.2) is 0 Å². The van der Waals surface area contributed by atoms with Gasteiger partial charge in [0.1, 0.15) is 23.0 Å². The third-order valence-corrected chi connectivity index (χ3v) is 8.10. The van der Waals surface area contributed by atoms with Crippen molar-refractivity contribution >= 4 is 35.8 Å². The van der Waals surface area contributed by atoms with Gasteiger partial charge in [-0.1, -0.05) is 6.58 Å². The van der Waals surface area contributed by atoms with E-state index in [9.17, 15) is 28.8 Å². The Kier molecular flexibility index (Phi) is 30.0. The minimum Gasteiger partial charge on any atom is -0.508 e. The summed E-state index contributed by atoms with van der Waals surface area (Å²) in [5.74, 6) is -1.18. The third-order valence-electron chi connectivity index (χ3n) is 8.10. The van der Waals surface area contributed by atoms with Gasteiger partial charge in [-0.05, 0) is 149 Å². The van der Waals surface area contributed by atoms with E-state index in [1.165, 1.54) is 55.5 Å². The van der Waals surface area contributed by atoms with Gasteiger partial charge in [-0.3, -0.25) is 4.79 Å². The molecule has 4 aromatic carbocycles. The number of esters is 4. The highest BCUT2D eigenvalue weighted by molar-refractivity contribution is 5.90. The fraction of sp³-hybridized carbons (Fsp3) is 0.347. The molecule has 0 fully saturated rings. The molecule has 0 radical (unpaired) electrons. The van der Waals surface area contributed by atoms with Crippen LogP contribution in [0.4, 0.5) is 0 Å². The third kappa shape index (κ3) is 26.9. The Labute approximate surface area is 384 Å². The lowest BCUT2D eigenvalue weighted by atomic mass is 10.2. The maximum atomic E-state index is 11.4. The number of carbonyl (C=O) groups is 6. The number of carboxylic acid groups (broad SMARTS) is 2. The summed E-state index contributed by atoms with van der Waals surface area (Å²) in [5.41, 5.74) is 1.44. The molecule has 0 spiro atoms. The second-order valence-electron chi connectivity index (χ2n) is 13.3. The van der Waals surface area contributed by atoms with Crippen molar-refractivity contribution in [3.05, 3.63) is 132 Å². The summed E-state index contributed by atoms with van der Waals surface area (Å²) in [6.07, 6.45) is 5.64. The van der Waals surface area contributed by atoms with Gasteiger partial charge in [-0.15, -0.1) is 0 Å². The Balaban J connectivity index is 0.000000447. The van der Waals surface area contributed by atoms with Crippen LogP contribution in [0.3, 0.4) is 0 Å². The van der Waals surface area contributed by atoms with Gasteiger partial charge in [0, 0.05) is 19.6 Å². The maximum Gasteiger partial charge on any atom is 0.338 e. The van der Waals surface area contributed by atoms with Crippen LogP contribution in [0.1, 0.15) is 101 Å². The first kappa shape index (κ1) is 56.6. The smallest absolute Gasteiger partial charge is 0.338 e. The van der Waals surface area contributed by atoms with Crippen molar-refractivity contribution in [3.63, 3.8) is 0 Å². The molecule has 0 aliphatic carbocycles. The molecule has 0 aromatic heterocycles. The number of aromatic carboxylic acids is 2. The molecule has 4 N–H and O–H groups in total. The molecule has 4 rings (SSSR count). The number of aliphatic hydroxyl groups excluding tert-OH is 1. The number of rotatable bonds is 24. The summed E-state index contributed by atoms with van der Waals surface area (Å²) >= 11 is 0. The Bertz CT molecular complexity index is 2010. The van der Waals surface area contributed by atoms with Crippen LogP contribution in [0.15, 0.2) is 110 Å². The zero-order chi connectivity index (χ0) is 49.0. The predicted molar refractivity (Wildman–Crippen MR) is 242 cm³/mol. The van der Waals surface area contributed by atoms with Gasteiger partial charge >= 0.3 is 35.8 Å². The van der Waals surface area contributed by atoms with Crippen molar-refractivity contribution in [2.45, 2.75) is 59.3 Å². The zero-order valence-corrected chi connectivity index (χ0v) is 37.5. The second kappa shape index (κ2) is 35.0. The lowest BCUT2D eigenvalue weighted by Gasteiger charge is -2.07. The van der Waals surface area contributed by atoms with E-state index in [1.807, 2.05) is 0 Å². The molecule has 0 aliphatic heterocycles. The van der Waals surface area contributed by atoms with E-state index < -0.39 is 17.9 Å². The average Bonchev–Trinajstić information content (AvgIpc) is 3.31. The summed E-state index contributed by atoms with van der Waals surface area (Å²) in [4.78, 5) is 64.9. The van der Waals surface area contributed by atoms with Gasteiger partial charge in [-0.25, -0.2) is 24.0 Å². The van der Waals surface area contributed by atoms with Gasteiger partial charge in [0.2, 0.25) is 0 Å². The summed E-state index contributed by atoms with van der Waals surface area (Å²) < 4.78 is 35.5. The van der Waals surface area contributed by atoms with E-state index >= 15 is 0 Å². The average molecular weight is 921 g/mol. The summed E-state index contributed by atoms with van der Waals surface area (Å²) in [5, 5.41) is 34.8. The number of benzene rings is 4. The zero-order valence-electron chi connectivity index (χ0n) is 37.5. The highest BCUT2D eigenvalue weighted by atomic mass is 16.5. The molecule has 0 heterocycles. The molecule has 17 nitrogen and oxygen atoms in total. The van der Waals surface area contributed by atoms with Crippen LogP contribution >= 0.6 is 0 Å². The van der Waals surface area contributed by atoms with E-state index in [1.54, 1.807) is 62.4 Å². The summed E-state index contributed by atoms with van der Waals surface area (Å²) in [6, 6.07) is 25.2. The number of hydrogen-bond donors (Lipinski definition) is 4. The summed E-state index contributed by atoms with van der Waals surface area (Å²) in [7, 11) is 0. The van der Waals surface area contributed by atoms with Gasteiger partial charge in [0.25, 0.3) is 0 Å². The molecular weight excluding hydrogens is 861 g/mol. The SMILES string of the molecule is C=CC(=O)OCCCCOc1ccc(C(=O)O)cc1.CCOC(=O)c1ccc(O)cc1.CCOC(=O)c1ccc(OCCCCOC(C)=O)cc1.O=C(O)c1ccc(OCCCCO)cc1. The van der Waals surface area contributed by atoms with E-state index in [-0.39, 0.29) is 41.4 Å². The lowest BCUT2D eigenvalue weighted by Crippen LogP contribution is -2.05. The molecule has 0 aliphatic rings. The number of carbonyl (C=O) groups excluding carboxylic acids is 4. The first-order chi connectivity index (χ1) is 31.7.